The number of Topliss-reactive ketones (excluding diaryl/α,β-unsaturated/α-hetero) is 1. The maximum atomic E-state index is 13.4. The van der Waals surface area contributed by atoms with Gasteiger partial charge in [-0.2, -0.15) is 13.2 Å². The minimum absolute atomic E-state index is 0.0130. The number of para-hydroxylation sites is 1. The summed E-state index contributed by atoms with van der Waals surface area (Å²) in [7, 11) is 0. The van der Waals surface area contributed by atoms with Crippen molar-refractivity contribution in [2.75, 3.05) is 5.43 Å². The lowest BCUT2D eigenvalue weighted by Gasteiger charge is -2.10. The molecule has 0 unspecified atom stereocenters. The van der Waals surface area contributed by atoms with Crippen LogP contribution < -0.4 is 10.2 Å². The quantitative estimate of drug-likeness (QED) is 0.342. The Morgan fingerprint density at radius 2 is 1.85 bits per heavy atom. The topological polar surface area (TPSA) is 86.1 Å². The summed E-state index contributed by atoms with van der Waals surface area (Å²) in [6.45, 7) is 1.54. The molecule has 1 N–H and O–H groups in total. The minimum Gasteiger partial charge on any atom is -0.406 e. The smallest absolute Gasteiger partial charge is 0.406 e. The number of halogens is 4. The Hall–Kier alpha value is -4.28. The number of nitrogens with one attached hydrogen (secondary N) is 1. The number of carbonyl (C=O) groups excluding carboxylic acids is 2. The second-order valence-corrected chi connectivity index (χ2v) is 6.91. The van der Waals surface area contributed by atoms with Gasteiger partial charge in [-0.05, 0) is 25.1 Å². The van der Waals surface area contributed by atoms with E-state index in [1.165, 1.54) is 55.6 Å². The number of benzene rings is 2. The fourth-order valence-corrected chi connectivity index (χ4v) is 3.15. The Morgan fingerprint density at radius 1 is 1.09 bits per heavy atom. The van der Waals surface area contributed by atoms with Crippen LogP contribution in [-0.2, 0) is 0 Å². The molecule has 0 bridgehead atoms. The van der Waals surface area contributed by atoms with Gasteiger partial charge in [0.2, 0.25) is 0 Å². The summed E-state index contributed by atoms with van der Waals surface area (Å²) in [5.41, 5.74) is 2.52. The summed E-state index contributed by atoms with van der Waals surface area (Å²) in [5.74, 6) is -2.30. The predicted molar refractivity (Wildman–Crippen MR) is 110 cm³/mol. The summed E-state index contributed by atoms with van der Waals surface area (Å²) < 4.78 is 58.4. The number of amides is 1. The van der Waals surface area contributed by atoms with Crippen LogP contribution in [0.25, 0.3) is 22.3 Å². The molecule has 4 aromatic rings. The predicted octanol–water partition coefficient (Wildman–Crippen LogP) is 5.03. The van der Waals surface area contributed by atoms with Gasteiger partial charge in [-0.15, -0.1) is 0 Å². The summed E-state index contributed by atoms with van der Waals surface area (Å²) in [5, 5.41) is 0.0130. The number of rotatable bonds is 4. The van der Waals surface area contributed by atoms with E-state index in [0.717, 1.165) is 10.9 Å². The van der Waals surface area contributed by atoms with Crippen LogP contribution in [0, 0.1) is 12.7 Å². The summed E-state index contributed by atoms with van der Waals surface area (Å²) in [4.78, 5) is 32.4. The van der Waals surface area contributed by atoms with Crippen LogP contribution in [0.1, 0.15) is 16.1 Å². The van der Waals surface area contributed by atoms with Crippen molar-refractivity contribution in [1.29, 1.82) is 0 Å². The molecule has 0 saturated carbocycles. The van der Waals surface area contributed by atoms with Crippen LogP contribution in [0.5, 0.6) is 5.75 Å². The van der Waals surface area contributed by atoms with Crippen LogP contribution in [0.4, 0.5) is 22.4 Å². The molecule has 1 amide bonds. The molecule has 0 fully saturated rings. The van der Waals surface area contributed by atoms with Gasteiger partial charge in [0.05, 0.1) is 23.0 Å². The van der Waals surface area contributed by atoms with E-state index >= 15 is 0 Å². The molecular formula is C22H14F4N4O3. The zero-order valence-electron chi connectivity index (χ0n) is 16.9. The van der Waals surface area contributed by atoms with E-state index in [4.69, 9.17) is 4.74 Å². The SMILES string of the molecule is Cc1nc(-c2cccc(F)c2)ncc1OC(=O)Nn1cc(C(=O)C(F)(F)F)c2ccccc21. The Bertz CT molecular complexity index is 1380. The van der Waals surface area contributed by atoms with Gasteiger partial charge in [0.15, 0.2) is 11.6 Å². The van der Waals surface area contributed by atoms with Gasteiger partial charge < -0.3 is 4.74 Å². The number of hydrogen-bond donors (Lipinski definition) is 1. The molecular weight excluding hydrogens is 444 g/mol. The molecule has 0 aliphatic heterocycles. The lowest BCUT2D eigenvalue weighted by atomic mass is 10.1. The molecule has 2 heterocycles. The van der Waals surface area contributed by atoms with E-state index in [1.807, 2.05) is 0 Å². The first-order valence-electron chi connectivity index (χ1n) is 9.43. The zero-order valence-corrected chi connectivity index (χ0v) is 16.9. The first kappa shape index (κ1) is 21.9. The van der Waals surface area contributed by atoms with Gasteiger partial charge in [0, 0.05) is 17.1 Å². The fraction of sp³-hybridized carbons (Fsp3) is 0.0909. The Balaban J connectivity index is 1.57. The Kier molecular flexibility index (Phi) is 5.54. The highest BCUT2D eigenvalue weighted by molar-refractivity contribution is 6.11. The third kappa shape index (κ3) is 4.52. The molecule has 2 aromatic carbocycles. The molecule has 0 saturated heterocycles. The van der Waals surface area contributed by atoms with E-state index in [2.05, 4.69) is 15.4 Å². The highest BCUT2D eigenvalue weighted by atomic mass is 19.4. The van der Waals surface area contributed by atoms with Gasteiger partial charge in [0.1, 0.15) is 5.82 Å². The monoisotopic (exact) mass is 458 g/mol. The normalized spacial score (nSPS) is 11.4. The van der Waals surface area contributed by atoms with Crippen molar-refractivity contribution in [1.82, 2.24) is 14.6 Å². The molecule has 4 rings (SSSR count). The van der Waals surface area contributed by atoms with Crippen molar-refractivity contribution in [2.24, 2.45) is 0 Å². The number of aromatic nitrogens is 3. The summed E-state index contributed by atoms with van der Waals surface area (Å²) in [6.07, 6.45) is -4.04. The average Bonchev–Trinajstić information content (AvgIpc) is 3.12. The van der Waals surface area contributed by atoms with E-state index < -0.39 is 29.4 Å². The number of ether oxygens (including phenoxy) is 1. The van der Waals surface area contributed by atoms with Crippen LogP contribution in [0.3, 0.4) is 0 Å². The molecule has 168 valence electrons. The molecule has 0 aliphatic carbocycles. The number of alkyl halides is 3. The van der Waals surface area contributed by atoms with Gasteiger partial charge in [-0.25, -0.2) is 24.6 Å². The highest BCUT2D eigenvalue weighted by Gasteiger charge is 2.41. The molecule has 33 heavy (non-hydrogen) atoms. The van der Waals surface area contributed by atoms with Crippen molar-refractivity contribution >= 4 is 22.8 Å². The van der Waals surface area contributed by atoms with Gasteiger partial charge in [-0.1, -0.05) is 30.3 Å². The van der Waals surface area contributed by atoms with Gasteiger partial charge >= 0.3 is 12.3 Å². The number of nitrogens with zero attached hydrogens (tertiary/aromatic N) is 3. The molecule has 0 atom stereocenters. The Morgan fingerprint density at radius 3 is 2.55 bits per heavy atom. The van der Waals surface area contributed by atoms with Crippen LogP contribution in [0.15, 0.2) is 60.9 Å². The van der Waals surface area contributed by atoms with Crippen LogP contribution in [-0.4, -0.2) is 32.7 Å². The van der Waals surface area contributed by atoms with Crippen molar-refractivity contribution in [3.8, 4) is 17.1 Å². The van der Waals surface area contributed by atoms with Crippen molar-refractivity contribution < 1.29 is 31.9 Å². The highest BCUT2D eigenvalue weighted by Crippen LogP contribution is 2.28. The lowest BCUT2D eigenvalue weighted by molar-refractivity contribution is -0.0884. The lowest BCUT2D eigenvalue weighted by Crippen LogP contribution is -2.26. The molecule has 0 radical (unpaired) electrons. The van der Waals surface area contributed by atoms with Crippen molar-refractivity contribution in [3.05, 3.63) is 78.0 Å². The van der Waals surface area contributed by atoms with Crippen molar-refractivity contribution in [3.63, 3.8) is 0 Å². The minimum atomic E-state index is -5.08. The first-order valence-corrected chi connectivity index (χ1v) is 9.43. The fourth-order valence-electron chi connectivity index (χ4n) is 3.15. The second kappa shape index (κ2) is 8.34. The molecule has 0 spiro atoms. The van der Waals surface area contributed by atoms with Crippen LogP contribution >= 0.6 is 0 Å². The molecule has 0 aliphatic rings. The summed E-state index contributed by atoms with van der Waals surface area (Å²) in [6, 6.07) is 11.4. The number of carbonyl (C=O) groups is 2. The second-order valence-electron chi connectivity index (χ2n) is 6.91. The standard InChI is InChI=1S/C22H14F4N4O3/c1-12-18(10-27-20(28-12)13-5-4-6-14(23)9-13)33-21(32)29-30-11-16(19(31)22(24,25)26)15-7-2-3-8-17(15)30/h2-11H,1H3,(H,29,32). The maximum Gasteiger partial charge on any atom is 0.454 e. The Labute approximate surface area is 183 Å². The zero-order chi connectivity index (χ0) is 23.8. The third-order valence-corrected chi connectivity index (χ3v) is 4.65. The van der Waals surface area contributed by atoms with E-state index in [-0.39, 0.29) is 28.2 Å². The largest absolute Gasteiger partial charge is 0.454 e. The van der Waals surface area contributed by atoms with Crippen molar-refractivity contribution in [2.45, 2.75) is 13.1 Å². The summed E-state index contributed by atoms with van der Waals surface area (Å²) >= 11 is 0. The first-order chi connectivity index (χ1) is 15.6. The number of hydrogen-bond acceptors (Lipinski definition) is 5. The number of ketones is 1. The van der Waals surface area contributed by atoms with E-state index in [9.17, 15) is 27.2 Å². The maximum absolute atomic E-state index is 13.4. The molecule has 11 heteroatoms. The average molecular weight is 458 g/mol. The van der Waals surface area contributed by atoms with Crippen LogP contribution in [0.2, 0.25) is 0 Å². The van der Waals surface area contributed by atoms with Gasteiger partial charge in [-0.3, -0.25) is 9.47 Å². The molecule has 7 nitrogen and oxygen atoms in total. The number of aryl methyl sites for hydroxylation is 1. The van der Waals surface area contributed by atoms with E-state index in [0.29, 0.717) is 5.56 Å². The van der Waals surface area contributed by atoms with E-state index in [1.54, 1.807) is 6.07 Å². The molecule has 2 aromatic heterocycles. The van der Waals surface area contributed by atoms with Gasteiger partial charge in [0.25, 0.3) is 5.78 Å². The number of fused-ring (bicyclic) bond motifs is 1. The third-order valence-electron chi connectivity index (χ3n) is 4.65.